The van der Waals surface area contributed by atoms with E-state index in [2.05, 4.69) is 26.2 Å². The number of pyridine rings is 1. The van der Waals surface area contributed by atoms with Crippen LogP contribution in [0.1, 0.15) is 10.4 Å². The summed E-state index contributed by atoms with van der Waals surface area (Å²) in [6.07, 6.45) is -3.45. The number of carbonyl (C=O) groups is 1. The monoisotopic (exact) mass is 310 g/mol. The second-order valence-corrected chi connectivity index (χ2v) is 4.05. The van der Waals surface area contributed by atoms with Gasteiger partial charge in [0, 0.05) is 17.2 Å². The van der Waals surface area contributed by atoms with Crippen LogP contribution >= 0.6 is 15.9 Å². The maximum atomic E-state index is 12.0. The largest absolute Gasteiger partial charge is 0.478 e. The highest BCUT2D eigenvalue weighted by molar-refractivity contribution is 9.10. The van der Waals surface area contributed by atoms with E-state index in [1.54, 1.807) is 0 Å². The summed E-state index contributed by atoms with van der Waals surface area (Å²) < 4.78 is 24.5. The Morgan fingerprint density at radius 3 is 2.76 bits per heavy atom. The average Bonchev–Trinajstić information content (AvgIpc) is 2.26. The lowest BCUT2D eigenvalue weighted by Gasteiger charge is -2.12. The fraction of sp³-hybridized carbons (Fsp3) is 0.333. The van der Waals surface area contributed by atoms with Crippen molar-refractivity contribution in [3.63, 3.8) is 0 Å². The molecule has 1 atom stereocenters. The van der Waals surface area contributed by atoms with Crippen molar-refractivity contribution in [3.8, 4) is 0 Å². The summed E-state index contributed by atoms with van der Waals surface area (Å²) in [5.41, 5.74) is -0.166. The Kier molecular flexibility index (Phi) is 4.76. The summed E-state index contributed by atoms with van der Waals surface area (Å²) in [5, 5.41) is 20.1. The maximum absolute atomic E-state index is 12.0. The molecule has 0 spiro atoms. The molecule has 0 saturated carbocycles. The molecule has 0 aliphatic carbocycles. The van der Waals surface area contributed by atoms with E-state index in [9.17, 15) is 13.6 Å². The summed E-state index contributed by atoms with van der Waals surface area (Å²) in [6.45, 7) is -0.480. The lowest BCUT2D eigenvalue weighted by atomic mass is 10.2. The maximum Gasteiger partial charge on any atom is 0.339 e. The lowest BCUT2D eigenvalue weighted by Crippen LogP contribution is -2.27. The molecular weight excluding hydrogens is 302 g/mol. The number of anilines is 1. The van der Waals surface area contributed by atoms with Crippen molar-refractivity contribution >= 4 is 27.7 Å². The highest BCUT2D eigenvalue weighted by Gasteiger charge is 2.18. The first-order chi connectivity index (χ1) is 7.91. The molecule has 0 aromatic carbocycles. The van der Waals surface area contributed by atoms with Crippen LogP contribution in [0.25, 0.3) is 0 Å². The fourth-order valence-corrected chi connectivity index (χ4v) is 1.36. The summed E-state index contributed by atoms with van der Waals surface area (Å²) in [6, 6.07) is 1.28. The van der Waals surface area contributed by atoms with Gasteiger partial charge in [0.25, 0.3) is 6.43 Å². The number of aliphatic hydroxyl groups excluding tert-OH is 1. The minimum Gasteiger partial charge on any atom is -0.478 e. The van der Waals surface area contributed by atoms with E-state index in [-0.39, 0.29) is 11.4 Å². The van der Waals surface area contributed by atoms with Crippen LogP contribution in [-0.4, -0.2) is 40.2 Å². The van der Waals surface area contributed by atoms with Crippen molar-refractivity contribution in [1.82, 2.24) is 4.98 Å². The van der Waals surface area contributed by atoms with E-state index in [0.717, 1.165) is 0 Å². The molecule has 0 aliphatic heterocycles. The molecule has 3 N–H and O–H groups in total. The highest BCUT2D eigenvalue weighted by Crippen LogP contribution is 2.18. The minimum atomic E-state index is -2.90. The van der Waals surface area contributed by atoms with Gasteiger partial charge >= 0.3 is 5.97 Å². The van der Waals surface area contributed by atoms with Crippen molar-refractivity contribution in [1.29, 1.82) is 0 Å². The first-order valence-corrected chi connectivity index (χ1v) is 5.30. The summed E-state index contributed by atoms with van der Waals surface area (Å²) in [7, 11) is 0. The molecule has 0 radical (unpaired) electrons. The number of rotatable bonds is 5. The smallest absolute Gasteiger partial charge is 0.339 e. The number of carboxylic acids is 1. The summed E-state index contributed by atoms with van der Waals surface area (Å²) in [5.74, 6) is -1.31. The molecule has 0 aliphatic rings. The number of hydrogen-bond acceptors (Lipinski definition) is 4. The van der Waals surface area contributed by atoms with Crippen molar-refractivity contribution < 1.29 is 23.8 Å². The third-order valence-corrected chi connectivity index (χ3v) is 2.29. The average molecular weight is 311 g/mol. The second-order valence-electron chi connectivity index (χ2n) is 3.14. The zero-order valence-electron chi connectivity index (χ0n) is 8.40. The Morgan fingerprint density at radius 1 is 1.59 bits per heavy atom. The molecule has 0 fully saturated rings. The van der Waals surface area contributed by atoms with E-state index in [1.165, 1.54) is 12.3 Å². The summed E-state index contributed by atoms with van der Waals surface area (Å²) >= 11 is 3.04. The minimum absolute atomic E-state index is 0.0691. The molecule has 17 heavy (non-hydrogen) atoms. The fourth-order valence-electron chi connectivity index (χ4n) is 1.03. The van der Waals surface area contributed by atoms with Crippen LogP contribution in [0.2, 0.25) is 0 Å². The van der Waals surface area contributed by atoms with Gasteiger partial charge in [-0.1, -0.05) is 0 Å². The van der Waals surface area contributed by atoms with Gasteiger partial charge in [-0.15, -0.1) is 0 Å². The molecule has 1 rings (SSSR count). The standard InChI is InChI=1S/C9H9BrF2N2O3/c10-4-1-5(9(16)17)8(13-2-4)14-3-6(15)7(11)12/h1-2,6-7,15H,3H2,(H,13,14)(H,16,17). The second kappa shape index (κ2) is 5.87. The van der Waals surface area contributed by atoms with Gasteiger partial charge in [-0.2, -0.15) is 0 Å². The molecular formula is C9H9BrF2N2O3. The lowest BCUT2D eigenvalue weighted by molar-refractivity contribution is 0.00380. The molecule has 0 amide bonds. The van der Waals surface area contributed by atoms with E-state index in [4.69, 9.17) is 10.2 Å². The zero-order valence-corrected chi connectivity index (χ0v) is 9.99. The Balaban J connectivity index is 2.80. The summed E-state index contributed by atoms with van der Waals surface area (Å²) in [4.78, 5) is 14.6. The van der Waals surface area contributed by atoms with Crippen LogP contribution in [0.4, 0.5) is 14.6 Å². The van der Waals surface area contributed by atoms with Crippen LogP contribution in [-0.2, 0) is 0 Å². The van der Waals surface area contributed by atoms with Crippen LogP contribution in [0.15, 0.2) is 16.7 Å². The molecule has 1 aromatic heterocycles. The van der Waals surface area contributed by atoms with Gasteiger partial charge in [0.2, 0.25) is 0 Å². The van der Waals surface area contributed by atoms with Gasteiger partial charge in [-0.3, -0.25) is 0 Å². The molecule has 5 nitrogen and oxygen atoms in total. The van der Waals surface area contributed by atoms with Gasteiger partial charge in [0.1, 0.15) is 17.5 Å². The third kappa shape index (κ3) is 3.90. The molecule has 8 heteroatoms. The number of halogens is 3. The molecule has 1 unspecified atom stereocenters. The van der Waals surface area contributed by atoms with Crippen LogP contribution < -0.4 is 5.32 Å². The van der Waals surface area contributed by atoms with Crippen molar-refractivity contribution in [2.45, 2.75) is 12.5 Å². The van der Waals surface area contributed by atoms with Gasteiger partial charge in [-0.05, 0) is 22.0 Å². The van der Waals surface area contributed by atoms with Crippen LogP contribution in [0.3, 0.4) is 0 Å². The number of aromatic carboxylic acids is 1. The quantitative estimate of drug-likeness (QED) is 0.769. The van der Waals surface area contributed by atoms with Gasteiger partial charge in [0.15, 0.2) is 0 Å². The number of alkyl halides is 2. The topological polar surface area (TPSA) is 82.5 Å². The molecule has 1 aromatic rings. The van der Waals surface area contributed by atoms with E-state index in [1.807, 2.05) is 0 Å². The highest BCUT2D eigenvalue weighted by atomic mass is 79.9. The molecule has 0 saturated heterocycles. The molecule has 94 valence electrons. The number of nitrogens with one attached hydrogen (secondary N) is 1. The van der Waals surface area contributed by atoms with Gasteiger partial charge < -0.3 is 15.5 Å². The number of hydrogen-bond donors (Lipinski definition) is 3. The molecule has 1 heterocycles. The van der Waals surface area contributed by atoms with Crippen molar-refractivity contribution in [2.24, 2.45) is 0 Å². The van der Waals surface area contributed by atoms with E-state index >= 15 is 0 Å². The van der Waals surface area contributed by atoms with Crippen molar-refractivity contribution in [2.75, 3.05) is 11.9 Å². The van der Waals surface area contributed by atoms with E-state index in [0.29, 0.717) is 4.47 Å². The normalized spacial score (nSPS) is 12.5. The van der Waals surface area contributed by atoms with Crippen molar-refractivity contribution in [3.05, 3.63) is 22.3 Å². The number of nitrogens with zero attached hydrogens (tertiary/aromatic N) is 1. The predicted octanol–water partition coefficient (Wildman–Crippen LogP) is 1.58. The first-order valence-electron chi connectivity index (χ1n) is 4.50. The Hall–Kier alpha value is -1.28. The van der Waals surface area contributed by atoms with E-state index < -0.39 is 25.0 Å². The van der Waals surface area contributed by atoms with Gasteiger partial charge in [0.05, 0.1) is 0 Å². The number of carboxylic acid groups (broad SMARTS) is 1. The Labute approximate surface area is 104 Å². The Morgan fingerprint density at radius 2 is 2.24 bits per heavy atom. The zero-order chi connectivity index (χ0) is 13.0. The number of aromatic nitrogens is 1. The van der Waals surface area contributed by atoms with Crippen LogP contribution in [0.5, 0.6) is 0 Å². The SMILES string of the molecule is O=C(O)c1cc(Br)cnc1NCC(O)C(F)F. The van der Waals surface area contributed by atoms with Crippen LogP contribution in [0, 0.1) is 0 Å². The number of aliphatic hydroxyl groups is 1. The predicted molar refractivity (Wildman–Crippen MR) is 59.4 cm³/mol. The first kappa shape index (κ1) is 13.8. The van der Waals surface area contributed by atoms with Gasteiger partial charge in [-0.25, -0.2) is 18.6 Å². The molecule has 0 bridgehead atoms. The Bertz CT molecular complexity index is 417. The third-order valence-electron chi connectivity index (χ3n) is 1.85.